The van der Waals surface area contributed by atoms with Crippen molar-refractivity contribution in [1.82, 2.24) is 0 Å². The molecule has 21 heavy (non-hydrogen) atoms. The van der Waals surface area contributed by atoms with E-state index in [9.17, 15) is 4.39 Å². The lowest BCUT2D eigenvalue weighted by atomic mass is 10.0. The minimum Gasteiger partial charge on any atom is -0.493 e. The molecule has 1 heterocycles. The average molecular weight is 350 g/mol. The van der Waals surface area contributed by atoms with Gasteiger partial charge in [-0.1, -0.05) is 28.9 Å². The SMILES string of the molecule is CCC(Nc1ccc(Br)cc1F)c1ccc2c(c1)CCO2. The van der Waals surface area contributed by atoms with Gasteiger partial charge in [-0.05, 0) is 47.9 Å². The normalized spacial score (nSPS) is 14.4. The van der Waals surface area contributed by atoms with Crippen LogP contribution in [0.3, 0.4) is 0 Å². The number of anilines is 1. The van der Waals surface area contributed by atoms with Crippen LogP contribution >= 0.6 is 15.9 Å². The van der Waals surface area contributed by atoms with Crippen LogP contribution in [-0.4, -0.2) is 6.61 Å². The van der Waals surface area contributed by atoms with E-state index in [1.54, 1.807) is 6.07 Å². The standard InChI is InChI=1S/C17H17BrFNO/c1-2-15(20-16-5-4-13(18)10-14(16)19)11-3-6-17-12(9-11)7-8-21-17/h3-6,9-10,15,20H,2,7-8H2,1H3. The van der Waals surface area contributed by atoms with Crippen LogP contribution in [0, 0.1) is 5.82 Å². The molecule has 1 aliphatic heterocycles. The molecule has 0 amide bonds. The van der Waals surface area contributed by atoms with E-state index in [4.69, 9.17) is 4.74 Å². The first-order valence-corrected chi connectivity index (χ1v) is 7.94. The zero-order chi connectivity index (χ0) is 14.8. The Labute approximate surface area is 132 Å². The fraction of sp³-hybridized carbons (Fsp3) is 0.294. The summed E-state index contributed by atoms with van der Waals surface area (Å²) in [5.41, 5.74) is 2.94. The van der Waals surface area contributed by atoms with Gasteiger partial charge in [-0.15, -0.1) is 0 Å². The van der Waals surface area contributed by atoms with E-state index in [-0.39, 0.29) is 11.9 Å². The summed E-state index contributed by atoms with van der Waals surface area (Å²) in [6, 6.07) is 11.4. The average Bonchev–Trinajstić information content (AvgIpc) is 2.94. The Kier molecular flexibility index (Phi) is 4.15. The lowest BCUT2D eigenvalue weighted by Gasteiger charge is -2.20. The Hall–Kier alpha value is -1.55. The molecule has 2 aromatic carbocycles. The van der Waals surface area contributed by atoms with Crippen LogP contribution in [0.25, 0.3) is 0 Å². The van der Waals surface area contributed by atoms with Crippen molar-refractivity contribution in [2.24, 2.45) is 0 Å². The monoisotopic (exact) mass is 349 g/mol. The number of fused-ring (bicyclic) bond motifs is 1. The fourth-order valence-electron chi connectivity index (χ4n) is 2.64. The molecule has 3 rings (SSSR count). The van der Waals surface area contributed by atoms with E-state index < -0.39 is 0 Å². The van der Waals surface area contributed by atoms with Crippen molar-refractivity contribution in [3.63, 3.8) is 0 Å². The first kappa shape index (κ1) is 14.4. The summed E-state index contributed by atoms with van der Waals surface area (Å²) in [7, 11) is 0. The van der Waals surface area contributed by atoms with Crippen LogP contribution in [0.1, 0.15) is 30.5 Å². The lowest BCUT2D eigenvalue weighted by Crippen LogP contribution is -2.11. The number of nitrogens with one attached hydrogen (secondary N) is 1. The largest absolute Gasteiger partial charge is 0.493 e. The predicted molar refractivity (Wildman–Crippen MR) is 86.4 cm³/mol. The minimum atomic E-state index is -0.243. The summed E-state index contributed by atoms with van der Waals surface area (Å²) in [4.78, 5) is 0. The Morgan fingerprint density at radius 1 is 1.29 bits per heavy atom. The smallest absolute Gasteiger partial charge is 0.147 e. The van der Waals surface area contributed by atoms with E-state index in [1.807, 2.05) is 12.1 Å². The molecule has 0 bridgehead atoms. The van der Waals surface area contributed by atoms with Gasteiger partial charge < -0.3 is 10.1 Å². The number of benzene rings is 2. The zero-order valence-electron chi connectivity index (χ0n) is 11.8. The molecule has 4 heteroatoms. The van der Waals surface area contributed by atoms with Gasteiger partial charge >= 0.3 is 0 Å². The first-order chi connectivity index (χ1) is 10.2. The van der Waals surface area contributed by atoms with Crippen molar-refractivity contribution in [2.75, 3.05) is 11.9 Å². The van der Waals surface area contributed by atoms with Crippen molar-refractivity contribution < 1.29 is 9.13 Å². The van der Waals surface area contributed by atoms with Gasteiger partial charge in [0.1, 0.15) is 11.6 Å². The number of halogens is 2. The second-order valence-electron chi connectivity index (χ2n) is 5.19. The molecule has 0 aliphatic carbocycles. The third kappa shape index (κ3) is 3.05. The highest BCUT2D eigenvalue weighted by Gasteiger charge is 2.17. The Morgan fingerprint density at radius 2 is 2.14 bits per heavy atom. The number of rotatable bonds is 4. The fourth-order valence-corrected chi connectivity index (χ4v) is 2.97. The number of ether oxygens (including phenoxy) is 1. The molecule has 2 aromatic rings. The highest BCUT2D eigenvalue weighted by atomic mass is 79.9. The van der Waals surface area contributed by atoms with Crippen molar-refractivity contribution in [2.45, 2.75) is 25.8 Å². The molecule has 1 atom stereocenters. The third-order valence-corrected chi connectivity index (χ3v) is 4.28. The summed E-state index contributed by atoms with van der Waals surface area (Å²) < 4.78 is 20.2. The Bertz CT molecular complexity index is 659. The van der Waals surface area contributed by atoms with Crippen LogP contribution in [0.4, 0.5) is 10.1 Å². The van der Waals surface area contributed by atoms with Crippen LogP contribution < -0.4 is 10.1 Å². The molecule has 2 nitrogen and oxygen atoms in total. The molecular formula is C17H17BrFNO. The maximum Gasteiger partial charge on any atom is 0.147 e. The number of hydrogen-bond acceptors (Lipinski definition) is 2. The molecule has 1 unspecified atom stereocenters. The van der Waals surface area contributed by atoms with Crippen LogP contribution in [-0.2, 0) is 6.42 Å². The highest BCUT2D eigenvalue weighted by molar-refractivity contribution is 9.10. The van der Waals surface area contributed by atoms with E-state index in [0.717, 1.165) is 29.7 Å². The maximum atomic E-state index is 14.0. The first-order valence-electron chi connectivity index (χ1n) is 7.14. The predicted octanol–water partition coefficient (Wildman–Crippen LogP) is 5.09. The highest BCUT2D eigenvalue weighted by Crippen LogP contribution is 2.31. The quantitative estimate of drug-likeness (QED) is 0.830. The molecule has 0 saturated carbocycles. The van der Waals surface area contributed by atoms with Crippen molar-refractivity contribution in [1.29, 1.82) is 0 Å². The Morgan fingerprint density at radius 3 is 2.90 bits per heavy atom. The second kappa shape index (κ2) is 6.06. The summed E-state index contributed by atoms with van der Waals surface area (Å²) >= 11 is 3.28. The van der Waals surface area contributed by atoms with Gasteiger partial charge in [-0.25, -0.2) is 4.39 Å². The van der Waals surface area contributed by atoms with Crippen molar-refractivity contribution in [3.8, 4) is 5.75 Å². The van der Waals surface area contributed by atoms with Crippen LogP contribution in [0.5, 0.6) is 5.75 Å². The summed E-state index contributed by atoms with van der Waals surface area (Å²) in [6.07, 6.45) is 1.83. The summed E-state index contributed by atoms with van der Waals surface area (Å²) in [5.74, 6) is 0.732. The van der Waals surface area contributed by atoms with E-state index in [2.05, 4.69) is 40.3 Å². The molecule has 0 fully saturated rings. The van der Waals surface area contributed by atoms with Gasteiger partial charge in [0.25, 0.3) is 0 Å². The molecule has 0 radical (unpaired) electrons. The third-order valence-electron chi connectivity index (χ3n) is 3.78. The van der Waals surface area contributed by atoms with Gasteiger partial charge in [0, 0.05) is 10.9 Å². The molecule has 0 aromatic heterocycles. The second-order valence-corrected chi connectivity index (χ2v) is 6.11. The zero-order valence-corrected chi connectivity index (χ0v) is 13.4. The minimum absolute atomic E-state index is 0.0894. The van der Waals surface area contributed by atoms with Gasteiger partial charge in [0.2, 0.25) is 0 Å². The number of hydrogen-bond donors (Lipinski definition) is 1. The van der Waals surface area contributed by atoms with E-state index in [1.165, 1.54) is 17.2 Å². The van der Waals surface area contributed by atoms with Gasteiger partial charge in [-0.3, -0.25) is 0 Å². The molecule has 1 N–H and O–H groups in total. The van der Waals surface area contributed by atoms with Gasteiger partial charge in [-0.2, -0.15) is 0 Å². The molecule has 1 aliphatic rings. The summed E-state index contributed by atoms with van der Waals surface area (Å²) in [5, 5.41) is 3.30. The van der Waals surface area contributed by atoms with Crippen molar-refractivity contribution >= 4 is 21.6 Å². The Balaban J connectivity index is 1.85. The topological polar surface area (TPSA) is 21.3 Å². The molecule has 0 spiro atoms. The van der Waals surface area contributed by atoms with Gasteiger partial charge in [0.15, 0.2) is 0 Å². The molecule has 0 saturated heterocycles. The van der Waals surface area contributed by atoms with E-state index >= 15 is 0 Å². The van der Waals surface area contributed by atoms with Crippen LogP contribution in [0.15, 0.2) is 40.9 Å². The molecule has 110 valence electrons. The van der Waals surface area contributed by atoms with Gasteiger partial charge in [0.05, 0.1) is 18.3 Å². The lowest BCUT2D eigenvalue weighted by molar-refractivity contribution is 0.357. The summed E-state index contributed by atoms with van der Waals surface area (Å²) in [6.45, 7) is 2.85. The van der Waals surface area contributed by atoms with Crippen molar-refractivity contribution in [3.05, 3.63) is 57.8 Å². The van der Waals surface area contributed by atoms with E-state index in [0.29, 0.717) is 5.69 Å². The van der Waals surface area contributed by atoms with Crippen LogP contribution in [0.2, 0.25) is 0 Å². The molecular weight excluding hydrogens is 333 g/mol. The maximum absolute atomic E-state index is 14.0.